The molecule has 0 bridgehead atoms. The van der Waals surface area contributed by atoms with Crippen molar-refractivity contribution < 1.29 is 14.4 Å². The standard InChI is InChI=1S/C33H45BO3/c1-8-33(9-2,29-16-17-30(25(4)23-29)34-36-26(5)31(6,7)37-34)28-15-14-27(24(3)22-28)18-21-32(35)19-12-10-11-13-20-32/h14-18,21-23,35H,5,8-13,19-20H2,1-4,6-7H3/b21-18+. The largest absolute Gasteiger partial charge is 0.563 e. The molecule has 1 aliphatic heterocycles. The van der Waals surface area contributed by atoms with Gasteiger partial charge in [-0.1, -0.05) is 94.7 Å². The molecule has 1 aliphatic carbocycles. The quantitative estimate of drug-likeness (QED) is 0.315. The van der Waals surface area contributed by atoms with Crippen molar-refractivity contribution in [3.63, 3.8) is 0 Å². The predicted octanol–water partition coefficient (Wildman–Crippen LogP) is 7.54. The second-order valence-electron chi connectivity index (χ2n) is 11.8. The third-order valence-electron chi connectivity index (χ3n) is 8.97. The van der Waals surface area contributed by atoms with Gasteiger partial charge in [-0.2, -0.15) is 0 Å². The summed E-state index contributed by atoms with van der Waals surface area (Å²) in [6.45, 7) is 16.9. The number of rotatable bonds is 7. The van der Waals surface area contributed by atoms with Crippen LogP contribution in [0.2, 0.25) is 0 Å². The van der Waals surface area contributed by atoms with Crippen LogP contribution in [0.1, 0.15) is 107 Å². The van der Waals surface area contributed by atoms with Crippen LogP contribution in [-0.4, -0.2) is 23.4 Å². The van der Waals surface area contributed by atoms with Gasteiger partial charge in [0.1, 0.15) is 5.60 Å². The van der Waals surface area contributed by atoms with E-state index in [0.29, 0.717) is 5.76 Å². The minimum atomic E-state index is -0.661. The van der Waals surface area contributed by atoms with E-state index in [-0.39, 0.29) is 5.41 Å². The Labute approximate surface area is 225 Å². The van der Waals surface area contributed by atoms with Gasteiger partial charge in [-0.25, -0.2) is 0 Å². The molecule has 4 rings (SSSR count). The zero-order valence-corrected chi connectivity index (χ0v) is 23.8. The second-order valence-corrected chi connectivity index (χ2v) is 11.8. The minimum Gasteiger partial charge on any atom is -0.534 e. The van der Waals surface area contributed by atoms with Crippen LogP contribution < -0.4 is 5.46 Å². The maximum atomic E-state index is 11.1. The Balaban J connectivity index is 1.62. The molecule has 0 spiro atoms. The summed E-state index contributed by atoms with van der Waals surface area (Å²) in [6, 6.07) is 13.6. The normalized spacial score (nSPS) is 19.8. The van der Waals surface area contributed by atoms with Gasteiger partial charge in [0.05, 0.1) is 11.4 Å². The van der Waals surface area contributed by atoms with E-state index < -0.39 is 18.3 Å². The smallest absolute Gasteiger partial charge is 0.534 e. The van der Waals surface area contributed by atoms with Gasteiger partial charge in [0.2, 0.25) is 0 Å². The predicted molar refractivity (Wildman–Crippen MR) is 156 cm³/mol. The highest BCUT2D eigenvalue weighted by atomic mass is 16.7. The van der Waals surface area contributed by atoms with Gasteiger partial charge in [0.25, 0.3) is 0 Å². The van der Waals surface area contributed by atoms with Crippen molar-refractivity contribution >= 4 is 18.7 Å². The Bertz CT molecular complexity index is 1150. The first kappa shape index (κ1) is 27.7. The molecule has 4 heteroatoms. The van der Waals surface area contributed by atoms with Crippen LogP contribution in [0.5, 0.6) is 0 Å². The lowest BCUT2D eigenvalue weighted by Gasteiger charge is -2.34. The first-order chi connectivity index (χ1) is 17.5. The molecule has 37 heavy (non-hydrogen) atoms. The van der Waals surface area contributed by atoms with Gasteiger partial charge in [0, 0.05) is 5.41 Å². The third-order valence-corrected chi connectivity index (χ3v) is 8.97. The summed E-state index contributed by atoms with van der Waals surface area (Å²) in [6.07, 6.45) is 12.6. The summed E-state index contributed by atoms with van der Waals surface area (Å²) in [5, 5.41) is 11.1. The highest BCUT2D eigenvalue weighted by Gasteiger charge is 2.43. The summed E-state index contributed by atoms with van der Waals surface area (Å²) in [5.74, 6) is 0.674. The van der Waals surface area contributed by atoms with Crippen LogP contribution in [0.4, 0.5) is 0 Å². The number of aliphatic hydroxyl groups is 1. The van der Waals surface area contributed by atoms with Crippen molar-refractivity contribution in [2.45, 2.75) is 110 Å². The summed E-state index contributed by atoms with van der Waals surface area (Å²) in [5.41, 5.74) is 6.12. The Morgan fingerprint density at radius 2 is 1.54 bits per heavy atom. The van der Waals surface area contributed by atoms with E-state index in [2.05, 4.69) is 82.8 Å². The number of hydrogen-bond acceptors (Lipinski definition) is 3. The van der Waals surface area contributed by atoms with Crippen molar-refractivity contribution in [3.8, 4) is 0 Å². The first-order valence-electron chi connectivity index (χ1n) is 14.2. The van der Waals surface area contributed by atoms with Crippen molar-refractivity contribution in [1.82, 2.24) is 0 Å². The van der Waals surface area contributed by atoms with Gasteiger partial charge in [0.15, 0.2) is 0 Å². The Hall–Kier alpha value is -2.30. The van der Waals surface area contributed by atoms with Crippen LogP contribution in [0, 0.1) is 13.8 Å². The molecule has 2 aromatic rings. The minimum absolute atomic E-state index is 0.0734. The molecule has 0 radical (unpaired) electrons. The molecular formula is C33H45BO3. The molecule has 1 saturated heterocycles. The van der Waals surface area contributed by atoms with Crippen molar-refractivity contribution in [2.24, 2.45) is 0 Å². The van der Waals surface area contributed by atoms with E-state index in [1.165, 1.54) is 40.7 Å². The molecule has 1 saturated carbocycles. The molecule has 2 aliphatic rings. The average molecular weight is 501 g/mol. The fourth-order valence-electron chi connectivity index (χ4n) is 6.14. The molecule has 0 unspecified atom stereocenters. The van der Waals surface area contributed by atoms with Crippen LogP contribution in [0.25, 0.3) is 6.08 Å². The van der Waals surface area contributed by atoms with Gasteiger partial charge in [-0.3, -0.25) is 0 Å². The molecule has 0 atom stereocenters. The van der Waals surface area contributed by atoms with E-state index in [1.807, 2.05) is 13.8 Å². The molecule has 198 valence electrons. The fourth-order valence-corrected chi connectivity index (χ4v) is 6.14. The van der Waals surface area contributed by atoms with Gasteiger partial charge in [-0.05, 0) is 86.7 Å². The van der Waals surface area contributed by atoms with Crippen molar-refractivity contribution in [1.29, 1.82) is 0 Å². The van der Waals surface area contributed by atoms with Crippen molar-refractivity contribution in [3.05, 3.63) is 82.6 Å². The Morgan fingerprint density at radius 3 is 2.05 bits per heavy atom. The molecule has 0 amide bonds. The lowest BCUT2D eigenvalue weighted by Crippen LogP contribution is -2.37. The van der Waals surface area contributed by atoms with Gasteiger partial charge in [-0.15, -0.1) is 0 Å². The maximum Gasteiger partial charge on any atom is 0.563 e. The molecule has 0 aromatic heterocycles. The van der Waals surface area contributed by atoms with E-state index >= 15 is 0 Å². The summed E-state index contributed by atoms with van der Waals surface area (Å²) in [7, 11) is -0.411. The molecule has 2 aromatic carbocycles. The topological polar surface area (TPSA) is 38.7 Å². The SMILES string of the molecule is C=C1OB(c2ccc(C(CC)(CC)c3ccc(/C=C/C4(O)CCCCCC4)c(C)c3)cc2C)OC1(C)C. The van der Waals surface area contributed by atoms with Crippen LogP contribution in [-0.2, 0) is 14.7 Å². The third kappa shape index (κ3) is 5.61. The number of benzene rings is 2. The zero-order chi connectivity index (χ0) is 26.8. The lowest BCUT2D eigenvalue weighted by atomic mass is 9.68. The second kappa shape index (κ2) is 10.8. The van der Waals surface area contributed by atoms with Gasteiger partial charge < -0.3 is 14.4 Å². The van der Waals surface area contributed by atoms with Gasteiger partial charge >= 0.3 is 7.12 Å². The monoisotopic (exact) mass is 500 g/mol. The fraction of sp³-hybridized carbons (Fsp3) is 0.515. The number of aryl methyl sites for hydroxylation is 2. The maximum absolute atomic E-state index is 11.1. The highest BCUT2D eigenvalue weighted by Crippen LogP contribution is 2.40. The van der Waals surface area contributed by atoms with E-state index in [1.54, 1.807) is 0 Å². The highest BCUT2D eigenvalue weighted by molar-refractivity contribution is 6.62. The lowest BCUT2D eigenvalue weighted by molar-refractivity contribution is 0.0755. The van der Waals surface area contributed by atoms with Crippen LogP contribution in [0.3, 0.4) is 0 Å². The van der Waals surface area contributed by atoms with E-state index in [0.717, 1.165) is 44.0 Å². The number of hydrogen-bond donors (Lipinski definition) is 1. The average Bonchev–Trinajstić information content (AvgIpc) is 2.99. The summed E-state index contributed by atoms with van der Waals surface area (Å²) in [4.78, 5) is 0. The molecule has 1 heterocycles. The molecular weight excluding hydrogens is 455 g/mol. The summed E-state index contributed by atoms with van der Waals surface area (Å²) >= 11 is 0. The van der Waals surface area contributed by atoms with Crippen molar-refractivity contribution in [2.75, 3.05) is 0 Å². The molecule has 2 fully saturated rings. The van der Waals surface area contributed by atoms with Crippen LogP contribution >= 0.6 is 0 Å². The summed E-state index contributed by atoms with van der Waals surface area (Å²) < 4.78 is 12.1. The molecule has 1 N–H and O–H groups in total. The van der Waals surface area contributed by atoms with E-state index in [9.17, 15) is 5.11 Å². The van der Waals surface area contributed by atoms with Crippen LogP contribution in [0.15, 0.2) is 54.8 Å². The first-order valence-corrected chi connectivity index (χ1v) is 14.2. The Morgan fingerprint density at radius 1 is 0.946 bits per heavy atom. The Kier molecular flexibility index (Phi) is 8.11. The van der Waals surface area contributed by atoms with E-state index in [4.69, 9.17) is 9.31 Å². The zero-order valence-electron chi connectivity index (χ0n) is 23.8. The molecule has 3 nitrogen and oxygen atoms in total.